The molecule has 0 N–H and O–H groups in total. The standard InChI is InChI=1S/C23H21FN/c1-14-12-15(2)16(3)21(13-14)23-20-9-8-19-17(6-5-7-22(19)24)18(20)10-11-25(23)4/h5-13H,1-4H3/q+1. The summed E-state index contributed by atoms with van der Waals surface area (Å²) in [5.41, 5.74) is 6.24. The molecule has 0 saturated carbocycles. The van der Waals surface area contributed by atoms with Gasteiger partial charge >= 0.3 is 0 Å². The van der Waals surface area contributed by atoms with Gasteiger partial charge in [0.05, 0.1) is 10.9 Å². The zero-order valence-electron chi connectivity index (χ0n) is 15.0. The first kappa shape index (κ1) is 15.8. The van der Waals surface area contributed by atoms with Gasteiger partial charge in [0.2, 0.25) is 5.69 Å². The molecule has 0 fully saturated rings. The molecule has 0 aliphatic carbocycles. The van der Waals surface area contributed by atoms with E-state index in [1.54, 1.807) is 6.07 Å². The Morgan fingerprint density at radius 3 is 2.32 bits per heavy atom. The second-order valence-electron chi connectivity index (χ2n) is 6.89. The first-order valence-corrected chi connectivity index (χ1v) is 8.55. The predicted molar refractivity (Wildman–Crippen MR) is 102 cm³/mol. The fraction of sp³-hybridized carbons (Fsp3) is 0.174. The number of halogens is 1. The van der Waals surface area contributed by atoms with Gasteiger partial charge in [-0.1, -0.05) is 29.8 Å². The predicted octanol–water partition coefficient (Wildman–Crippen LogP) is 5.55. The largest absolute Gasteiger partial charge is 0.220 e. The number of hydrogen-bond donors (Lipinski definition) is 0. The van der Waals surface area contributed by atoms with Crippen molar-refractivity contribution in [3.8, 4) is 11.3 Å². The molecule has 0 spiro atoms. The molecule has 0 aliphatic heterocycles. The maximum Gasteiger partial charge on any atom is 0.220 e. The lowest BCUT2D eigenvalue weighted by molar-refractivity contribution is -0.659. The molecule has 1 nitrogen and oxygen atoms in total. The number of rotatable bonds is 1. The van der Waals surface area contributed by atoms with E-state index in [1.807, 2.05) is 18.2 Å². The quantitative estimate of drug-likeness (QED) is 0.318. The fourth-order valence-corrected chi connectivity index (χ4v) is 3.80. The van der Waals surface area contributed by atoms with Crippen molar-refractivity contribution in [2.24, 2.45) is 7.05 Å². The number of aromatic nitrogens is 1. The van der Waals surface area contributed by atoms with E-state index < -0.39 is 0 Å². The van der Waals surface area contributed by atoms with Crippen LogP contribution in [0.2, 0.25) is 0 Å². The van der Waals surface area contributed by atoms with Crippen LogP contribution in [0.25, 0.3) is 32.8 Å². The summed E-state index contributed by atoms with van der Waals surface area (Å²) in [6.45, 7) is 6.46. The molecule has 0 aliphatic rings. The van der Waals surface area contributed by atoms with Gasteiger partial charge in [-0.3, -0.25) is 0 Å². The molecule has 0 amide bonds. The maximum absolute atomic E-state index is 14.2. The van der Waals surface area contributed by atoms with E-state index in [9.17, 15) is 4.39 Å². The van der Waals surface area contributed by atoms with E-state index in [-0.39, 0.29) is 5.82 Å². The second kappa shape index (κ2) is 5.66. The van der Waals surface area contributed by atoms with E-state index in [4.69, 9.17) is 0 Å². The highest BCUT2D eigenvalue weighted by atomic mass is 19.1. The minimum atomic E-state index is -0.170. The van der Waals surface area contributed by atoms with E-state index >= 15 is 0 Å². The third-order valence-corrected chi connectivity index (χ3v) is 5.19. The van der Waals surface area contributed by atoms with Gasteiger partial charge in [-0.15, -0.1) is 0 Å². The Balaban J connectivity index is 2.17. The minimum Gasteiger partial charge on any atom is -0.206 e. The molecule has 124 valence electrons. The Bertz CT molecular complexity index is 1140. The highest BCUT2D eigenvalue weighted by Crippen LogP contribution is 2.34. The lowest BCUT2D eigenvalue weighted by atomic mass is 9.93. The van der Waals surface area contributed by atoms with Crippen LogP contribution in [-0.2, 0) is 7.05 Å². The summed E-state index contributed by atoms with van der Waals surface area (Å²) in [4.78, 5) is 0. The van der Waals surface area contributed by atoms with Crippen molar-refractivity contribution in [1.82, 2.24) is 0 Å². The smallest absolute Gasteiger partial charge is 0.206 e. The van der Waals surface area contributed by atoms with E-state index in [1.165, 1.54) is 34.0 Å². The van der Waals surface area contributed by atoms with Crippen molar-refractivity contribution in [3.05, 3.63) is 77.2 Å². The Morgan fingerprint density at radius 2 is 1.52 bits per heavy atom. The topological polar surface area (TPSA) is 3.88 Å². The van der Waals surface area contributed by atoms with Gasteiger partial charge in [0.15, 0.2) is 6.20 Å². The molecule has 0 bridgehead atoms. The van der Waals surface area contributed by atoms with Crippen molar-refractivity contribution < 1.29 is 8.96 Å². The molecule has 1 heterocycles. The summed E-state index contributed by atoms with van der Waals surface area (Å²) in [7, 11) is 2.07. The van der Waals surface area contributed by atoms with Crippen LogP contribution in [0.3, 0.4) is 0 Å². The molecule has 4 rings (SSSR count). The highest BCUT2D eigenvalue weighted by molar-refractivity contribution is 6.10. The summed E-state index contributed by atoms with van der Waals surface area (Å²) in [5.74, 6) is -0.170. The first-order chi connectivity index (χ1) is 12.0. The number of aryl methyl sites for hydroxylation is 3. The van der Waals surface area contributed by atoms with Gasteiger partial charge < -0.3 is 0 Å². The molecule has 0 atom stereocenters. The van der Waals surface area contributed by atoms with Crippen LogP contribution in [0, 0.1) is 26.6 Å². The zero-order chi connectivity index (χ0) is 17.7. The van der Waals surface area contributed by atoms with Crippen LogP contribution in [0.1, 0.15) is 16.7 Å². The minimum absolute atomic E-state index is 0.170. The first-order valence-electron chi connectivity index (χ1n) is 8.55. The number of hydrogen-bond acceptors (Lipinski definition) is 0. The highest BCUT2D eigenvalue weighted by Gasteiger charge is 2.19. The van der Waals surface area contributed by atoms with Crippen molar-refractivity contribution in [1.29, 1.82) is 0 Å². The van der Waals surface area contributed by atoms with Crippen molar-refractivity contribution in [2.75, 3.05) is 0 Å². The van der Waals surface area contributed by atoms with Crippen LogP contribution in [0.15, 0.2) is 54.7 Å². The van der Waals surface area contributed by atoms with Gasteiger partial charge in [-0.2, -0.15) is 0 Å². The molecule has 4 aromatic rings. The number of nitrogens with zero attached hydrogens (tertiary/aromatic N) is 1. The summed E-state index contributed by atoms with van der Waals surface area (Å²) in [6, 6.07) is 15.8. The van der Waals surface area contributed by atoms with Crippen LogP contribution >= 0.6 is 0 Å². The van der Waals surface area contributed by atoms with Crippen molar-refractivity contribution in [3.63, 3.8) is 0 Å². The summed E-state index contributed by atoms with van der Waals surface area (Å²) >= 11 is 0. The maximum atomic E-state index is 14.2. The number of benzene rings is 3. The van der Waals surface area contributed by atoms with E-state index in [0.717, 1.165) is 16.2 Å². The number of fused-ring (bicyclic) bond motifs is 3. The zero-order valence-corrected chi connectivity index (χ0v) is 15.0. The Labute approximate surface area is 147 Å². The lowest BCUT2D eigenvalue weighted by Gasteiger charge is -2.12. The molecule has 2 heteroatoms. The fourth-order valence-electron chi connectivity index (χ4n) is 3.80. The second-order valence-corrected chi connectivity index (χ2v) is 6.89. The Morgan fingerprint density at radius 1 is 0.800 bits per heavy atom. The van der Waals surface area contributed by atoms with Crippen LogP contribution < -0.4 is 4.57 Å². The molecule has 0 saturated heterocycles. The number of pyridine rings is 1. The van der Waals surface area contributed by atoms with Gasteiger partial charge in [0.25, 0.3) is 0 Å². The van der Waals surface area contributed by atoms with Gasteiger partial charge in [0, 0.05) is 16.8 Å². The van der Waals surface area contributed by atoms with Crippen LogP contribution in [0.5, 0.6) is 0 Å². The molecule has 0 unspecified atom stereocenters. The van der Waals surface area contributed by atoms with Crippen LogP contribution in [0.4, 0.5) is 4.39 Å². The van der Waals surface area contributed by atoms with Gasteiger partial charge in [-0.05, 0) is 55.5 Å². The third kappa shape index (κ3) is 2.41. The van der Waals surface area contributed by atoms with Gasteiger partial charge in [-0.25, -0.2) is 8.96 Å². The molecule has 3 aromatic carbocycles. The summed E-state index contributed by atoms with van der Waals surface area (Å²) in [6.07, 6.45) is 2.07. The molecule has 25 heavy (non-hydrogen) atoms. The third-order valence-electron chi connectivity index (χ3n) is 5.19. The SMILES string of the molecule is Cc1cc(C)c(C)c(-c2c3ccc4c(F)cccc4c3cc[n+]2C)c1. The Hall–Kier alpha value is -2.74. The summed E-state index contributed by atoms with van der Waals surface area (Å²) < 4.78 is 16.3. The lowest BCUT2D eigenvalue weighted by Crippen LogP contribution is -2.30. The van der Waals surface area contributed by atoms with E-state index in [2.05, 4.69) is 56.8 Å². The molecular weight excluding hydrogens is 309 g/mol. The average molecular weight is 330 g/mol. The van der Waals surface area contributed by atoms with Crippen molar-refractivity contribution >= 4 is 21.5 Å². The Kier molecular flexibility index (Phi) is 3.57. The van der Waals surface area contributed by atoms with Gasteiger partial charge in [0.1, 0.15) is 12.9 Å². The monoisotopic (exact) mass is 330 g/mol. The van der Waals surface area contributed by atoms with Crippen LogP contribution in [-0.4, -0.2) is 0 Å². The van der Waals surface area contributed by atoms with E-state index in [0.29, 0.717) is 5.39 Å². The average Bonchev–Trinajstić information content (AvgIpc) is 2.58. The summed E-state index contributed by atoms with van der Waals surface area (Å²) in [5, 5.41) is 3.87. The molecule has 1 aromatic heterocycles. The normalized spacial score (nSPS) is 11.4. The molecular formula is C23H21FN+. The molecule has 0 radical (unpaired) electrons. The van der Waals surface area contributed by atoms with Crippen molar-refractivity contribution in [2.45, 2.75) is 20.8 Å².